The van der Waals surface area contributed by atoms with Crippen LogP contribution < -0.4 is 0 Å². The Morgan fingerprint density at radius 2 is 2.00 bits per heavy atom. The number of hydrogen-bond donors (Lipinski definition) is 0. The van der Waals surface area contributed by atoms with Crippen LogP contribution in [0.15, 0.2) is 0 Å². The zero-order chi connectivity index (χ0) is 10.8. The van der Waals surface area contributed by atoms with Crippen molar-refractivity contribution in [2.24, 2.45) is 17.3 Å². The predicted molar refractivity (Wildman–Crippen MR) is 60.6 cm³/mol. The summed E-state index contributed by atoms with van der Waals surface area (Å²) in [6, 6.07) is 0. The predicted octanol–water partition coefficient (Wildman–Crippen LogP) is 2.73. The second-order valence-electron chi connectivity index (χ2n) is 6.31. The van der Waals surface area contributed by atoms with Gasteiger partial charge in [-0.1, -0.05) is 20.8 Å². The van der Waals surface area contributed by atoms with Crippen molar-refractivity contribution in [2.75, 3.05) is 0 Å². The Labute approximate surface area is 92.9 Å². The molecule has 0 spiro atoms. The lowest BCUT2D eigenvalue weighted by atomic mass is 9.43. The summed E-state index contributed by atoms with van der Waals surface area (Å²) in [4.78, 5) is 0. The monoisotopic (exact) mass is 208 g/mol. The number of hydrogen-bond acceptors (Lipinski definition) is 2. The minimum atomic E-state index is -0.00106. The van der Waals surface area contributed by atoms with E-state index >= 15 is 0 Å². The van der Waals surface area contributed by atoms with Gasteiger partial charge in [-0.25, -0.2) is 0 Å². The van der Waals surface area contributed by atoms with Crippen LogP contribution in [-0.4, -0.2) is 18.8 Å². The molecular weight excluding hydrogens is 187 g/mol. The summed E-state index contributed by atoms with van der Waals surface area (Å²) in [5, 5.41) is 0. The van der Waals surface area contributed by atoms with Crippen molar-refractivity contribution in [1.82, 2.24) is 0 Å². The minimum absolute atomic E-state index is 0.00106. The SMILES string of the molecule is CCB1O[C@@H]2C[C@@H]3C[C@@H](C3(C)C)C2(C)O1. The van der Waals surface area contributed by atoms with Gasteiger partial charge in [0.1, 0.15) is 0 Å². The molecule has 0 aromatic carbocycles. The lowest BCUT2D eigenvalue weighted by Crippen LogP contribution is -2.65. The molecule has 1 heterocycles. The quantitative estimate of drug-likeness (QED) is 0.617. The summed E-state index contributed by atoms with van der Waals surface area (Å²) in [5.41, 5.74) is 0.468. The van der Waals surface area contributed by atoms with Gasteiger partial charge in [-0.05, 0) is 43.3 Å². The first-order valence-electron chi connectivity index (χ1n) is 6.31. The zero-order valence-corrected chi connectivity index (χ0v) is 10.2. The molecule has 3 heteroatoms. The molecule has 15 heavy (non-hydrogen) atoms. The minimum Gasteiger partial charge on any atom is -0.405 e. The second-order valence-corrected chi connectivity index (χ2v) is 6.31. The Morgan fingerprint density at radius 3 is 2.60 bits per heavy atom. The van der Waals surface area contributed by atoms with Gasteiger partial charge in [0.25, 0.3) is 0 Å². The van der Waals surface area contributed by atoms with E-state index in [0.717, 1.165) is 12.2 Å². The highest BCUT2D eigenvalue weighted by Gasteiger charge is 2.67. The van der Waals surface area contributed by atoms with Crippen LogP contribution in [0.5, 0.6) is 0 Å². The fourth-order valence-corrected chi connectivity index (χ4v) is 4.13. The largest absolute Gasteiger partial charge is 0.457 e. The Kier molecular flexibility index (Phi) is 1.90. The summed E-state index contributed by atoms with van der Waals surface area (Å²) in [6.07, 6.45) is 3.89. The maximum atomic E-state index is 6.17. The van der Waals surface area contributed by atoms with Crippen molar-refractivity contribution in [2.45, 2.75) is 58.6 Å². The van der Waals surface area contributed by atoms with E-state index in [1.807, 2.05) is 0 Å². The highest BCUT2D eigenvalue weighted by molar-refractivity contribution is 6.45. The van der Waals surface area contributed by atoms with Crippen molar-refractivity contribution in [3.63, 3.8) is 0 Å². The van der Waals surface area contributed by atoms with Gasteiger partial charge in [-0.15, -0.1) is 0 Å². The molecule has 2 bridgehead atoms. The van der Waals surface area contributed by atoms with Gasteiger partial charge in [0.05, 0.1) is 11.7 Å². The van der Waals surface area contributed by atoms with Crippen molar-refractivity contribution >= 4 is 7.12 Å². The van der Waals surface area contributed by atoms with E-state index in [1.165, 1.54) is 12.8 Å². The summed E-state index contributed by atoms with van der Waals surface area (Å²) in [6.45, 7) is 9.21. The fourth-order valence-electron chi connectivity index (χ4n) is 4.13. The molecule has 84 valence electrons. The first-order chi connectivity index (χ1) is 6.98. The van der Waals surface area contributed by atoms with Crippen molar-refractivity contribution < 1.29 is 9.31 Å². The third-order valence-electron chi connectivity index (χ3n) is 5.34. The molecule has 4 rings (SSSR count). The first-order valence-corrected chi connectivity index (χ1v) is 6.31. The topological polar surface area (TPSA) is 18.5 Å². The Balaban J connectivity index is 1.89. The lowest BCUT2D eigenvalue weighted by Gasteiger charge is -2.64. The van der Waals surface area contributed by atoms with E-state index in [2.05, 4.69) is 27.7 Å². The van der Waals surface area contributed by atoms with E-state index in [0.29, 0.717) is 17.4 Å². The van der Waals surface area contributed by atoms with Gasteiger partial charge < -0.3 is 9.31 Å². The van der Waals surface area contributed by atoms with Gasteiger partial charge in [-0.3, -0.25) is 0 Å². The van der Waals surface area contributed by atoms with Crippen LogP contribution in [0.3, 0.4) is 0 Å². The number of rotatable bonds is 1. The smallest absolute Gasteiger partial charge is 0.405 e. The Bertz CT molecular complexity index is 291. The fraction of sp³-hybridized carbons (Fsp3) is 1.00. The molecule has 3 aliphatic carbocycles. The first kappa shape index (κ1) is 10.2. The van der Waals surface area contributed by atoms with Crippen LogP contribution in [-0.2, 0) is 9.31 Å². The van der Waals surface area contributed by atoms with Crippen molar-refractivity contribution in [3.05, 3.63) is 0 Å². The van der Waals surface area contributed by atoms with Gasteiger partial charge in [0, 0.05) is 0 Å². The lowest BCUT2D eigenvalue weighted by molar-refractivity contribution is -0.199. The van der Waals surface area contributed by atoms with Crippen LogP contribution in [0.1, 0.15) is 40.5 Å². The molecule has 1 aliphatic heterocycles. The van der Waals surface area contributed by atoms with E-state index in [4.69, 9.17) is 9.31 Å². The molecule has 0 N–H and O–H groups in total. The van der Waals surface area contributed by atoms with E-state index < -0.39 is 0 Å². The average Bonchev–Trinajstić information content (AvgIpc) is 2.53. The second kappa shape index (κ2) is 2.81. The molecule has 4 aliphatic rings. The molecule has 4 atom stereocenters. The van der Waals surface area contributed by atoms with Gasteiger partial charge in [0.2, 0.25) is 0 Å². The Morgan fingerprint density at radius 1 is 1.27 bits per heavy atom. The molecule has 0 amide bonds. The van der Waals surface area contributed by atoms with Crippen LogP contribution in [0.2, 0.25) is 6.32 Å². The van der Waals surface area contributed by atoms with Crippen molar-refractivity contribution in [3.8, 4) is 0 Å². The van der Waals surface area contributed by atoms with Gasteiger partial charge >= 0.3 is 7.12 Å². The molecule has 2 nitrogen and oxygen atoms in total. The molecule has 1 unspecified atom stereocenters. The van der Waals surface area contributed by atoms with Crippen molar-refractivity contribution in [1.29, 1.82) is 0 Å². The molecular formula is C12H21BO2. The average molecular weight is 208 g/mol. The van der Waals surface area contributed by atoms with Crippen LogP contribution in [0.4, 0.5) is 0 Å². The van der Waals surface area contributed by atoms with E-state index in [9.17, 15) is 0 Å². The molecule has 0 aromatic heterocycles. The van der Waals surface area contributed by atoms with Crippen LogP contribution >= 0.6 is 0 Å². The summed E-state index contributed by atoms with van der Waals surface area (Å²) < 4.78 is 12.2. The normalized spacial score (nSPS) is 51.2. The van der Waals surface area contributed by atoms with Crippen LogP contribution in [0, 0.1) is 17.3 Å². The highest BCUT2D eigenvalue weighted by atomic mass is 16.7. The molecule has 3 saturated carbocycles. The molecule has 0 radical (unpaired) electrons. The maximum absolute atomic E-state index is 6.17. The van der Waals surface area contributed by atoms with E-state index in [1.54, 1.807) is 0 Å². The van der Waals surface area contributed by atoms with Gasteiger partial charge in [0.15, 0.2) is 0 Å². The zero-order valence-electron chi connectivity index (χ0n) is 10.2. The van der Waals surface area contributed by atoms with Crippen LogP contribution in [0.25, 0.3) is 0 Å². The maximum Gasteiger partial charge on any atom is 0.457 e. The Hall–Kier alpha value is -0.0151. The molecule has 4 fully saturated rings. The van der Waals surface area contributed by atoms with E-state index in [-0.39, 0.29) is 12.7 Å². The molecule has 0 aromatic rings. The highest BCUT2D eigenvalue weighted by Crippen LogP contribution is 2.65. The molecule has 1 saturated heterocycles. The third-order valence-corrected chi connectivity index (χ3v) is 5.34. The summed E-state index contributed by atoms with van der Waals surface area (Å²) in [5.74, 6) is 1.56. The summed E-state index contributed by atoms with van der Waals surface area (Å²) >= 11 is 0. The van der Waals surface area contributed by atoms with Gasteiger partial charge in [-0.2, -0.15) is 0 Å². The standard InChI is InChI=1S/C12H21BO2/c1-5-13-14-10-7-8-6-9(11(8,2)3)12(10,4)15-13/h8-10H,5-7H2,1-4H3/t8-,9-,10+,12?/m0/s1. The third kappa shape index (κ3) is 1.09. The summed E-state index contributed by atoms with van der Waals surface area (Å²) in [7, 11) is 0.0511.